The van der Waals surface area contributed by atoms with Crippen molar-refractivity contribution in [1.29, 1.82) is 0 Å². The van der Waals surface area contributed by atoms with E-state index in [4.69, 9.17) is 16.3 Å². The van der Waals surface area contributed by atoms with E-state index < -0.39 is 0 Å². The van der Waals surface area contributed by atoms with Gasteiger partial charge >= 0.3 is 0 Å². The Hall–Kier alpha value is -1.59. The van der Waals surface area contributed by atoms with Crippen LogP contribution >= 0.6 is 11.6 Å². The second-order valence-electron chi connectivity index (χ2n) is 6.12. The maximum Gasteiger partial charge on any atom is 0.242 e. The predicted molar refractivity (Wildman–Crippen MR) is 87.0 cm³/mol. The zero-order valence-corrected chi connectivity index (χ0v) is 13.8. The minimum Gasteiger partial charge on any atom is -0.381 e. The van der Waals surface area contributed by atoms with E-state index in [1.54, 1.807) is 9.80 Å². The van der Waals surface area contributed by atoms with E-state index in [0.29, 0.717) is 31.3 Å². The Morgan fingerprint density at radius 2 is 2.04 bits per heavy atom. The molecule has 3 rings (SSSR count). The van der Waals surface area contributed by atoms with Gasteiger partial charge in [0.1, 0.15) is 0 Å². The van der Waals surface area contributed by atoms with Crippen molar-refractivity contribution in [2.75, 3.05) is 32.8 Å². The second kappa shape index (κ2) is 7.32. The number of rotatable bonds is 3. The lowest BCUT2D eigenvalue weighted by molar-refractivity contribution is -0.150. The van der Waals surface area contributed by atoms with Crippen LogP contribution in [0, 0.1) is 5.92 Å². The molecule has 1 aromatic carbocycles. The van der Waals surface area contributed by atoms with E-state index in [9.17, 15) is 9.59 Å². The van der Waals surface area contributed by atoms with E-state index in [1.807, 2.05) is 24.3 Å². The van der Waals surface area contributed by atoms with Gasteiger partial charge in [-0.2, -0.15) is 0 Å². The fraction of sp³-hybridized carbons (Fsp3) is 0.529. The second-order valence-corrected chi connectivity index (χ2v) is 6.55. The highest BCUT2D eigenvalue weighted by atomic mass is 35.5. The topological polar surface area (TPSA) is 49.9 Å². The van der Waals surface area contributed by atoms with E-state index in [-0.39, 0.29) is 24.3 Å². The Balaban J connectivity index is 1.55. The monoisotopic (exact) mass is 336 g/mol. The van der Waals surface area contributed by atoms with Crippen molar-refractivity contribution in [1.82, 2.24) is 9.80 Å². The van der Waals surface area contributed by atoms with Gasteiger partial charge in [0.25, 0.3) is 0 Å². The lowest BCUT2D eigenvalue weighted by Crippen LogP contribution is -2.53. The summed E-state index contributed by atoms with van der Waals surface area (Å²) in [6.07, 6.45) is 1.78. The van der Waals surface area contributed by atoms with Crippen LogP contribution < -0.4 is 0 Å². The number of hydrogen-bond acceptors (Lipinski definition) is 3. The third kappa shape index (κ3) is 4.03. The lowest BCUT2D eigenvalue weighted by Gasteiger charge is -2.36. The molecule has 0 saturated carbocycles. The van der Waals surface area contributed by atoms with Crippen molar-refractivity contribution in [3.05, 3.63) is 34.9 Å². The Labute approximate surface area is 141 Å². The molecule has 0 spiro atoms. The number of ether oxygens (including phenoxy) is 1. The van der Waals surface area contributed by atoms with Gasteiger partial charge in [-0.3, -0.25) is 9.59 Å². The minimum absolute atomic E-state index is 0.00345. The highest BCUT2D eigenvalue weighted by Gasteiger charge is 2.32. The molecule has 0 aliphatic carbocycles. The maximum absolute atomic E-state index is 12.5. The molecule has 6 heteroatoms. The average Bonchev–Trinajstić information content (AvgIpc) is 2.59. The molecule has 2 heterocycles. The van der Waals surface area contributed by atoms with Gasteiger partial charge in [-0.05, 0) is 30.5 Å². The summed E-state index contributed by atoms with van der Waals surface area (Å²) >= 11 is 5.88. The van der Waals surface area contributed by atoms with Crippen LogP contribution in [-0.4, -0.2) is 54.5 Å². The van der Waals surface area contributed by atoms with Gasteiger partial charge in [-0.25, -0.2) is 0 Å². The first-order valence-electron chi connectivity index (χ1n) is 8.02. The quantitative estimate of drug-likeness (QED) is 0.847. The third-order valence-corrected chi connectivity index (χ3v) is 4.68. The highest BCUT2D eigenvalue weighted by molar-refractivity contribution is 6.30. The zero-order valence-electron chi connectivity index (χ0n) is 13.0. The van der Waals surface area contributed by atoms with Gasteiger partial charge < -0.3 is 14.5 Å². The standard InChI is InChI=1S/C17H21ClN2O3/c18-15-5-3-13(4-6-15)10-19-7-8-20(11-16(19)21)17(22)14-2-1-9-23-12-14/h3-6,14H,1-2,7-12H2/t14-/m0/s1. The Morgan fingerprint density at radius 3 is 2.70 bits per heavy atom. The van der Waals surface area contributed by atoms with Gasteiger partial charge in [0.2, 0.25) is 11.8 Å². The first-order valence-corrected chi connectivity index (χ1v) is 8.40. The van der Waals surface area contributed by atoms with Crippen LogP contribution in [0.25, 0.3) is 0 Å². The fourth-order valence-corrected chi connectivity index (χ4v) is 3.19. The zero-order chi connectivity index (χ0) is 16.2. The highest BCUT2D eigenvalue weighted by Crippen LogP contribution is 2.19. The van der Waals surface area contributed by atoms with Crippen LogP contribution in [0.5, 0.6) is 0 Å². The molecule has 1 atom stereocenters. The molecule has 1 aromatic rings. The first-order chi connectivity index (χ1) is 11.1. The van der Waals surface area contributed by atoms with Crippen molar-refractivity contribution in [3.8, 4) is 0 Å². The summed E-state index contributed by atoms with van der Waals surface area (Å²) in [6.45, 7) is 3.11. The molecule has 23 heavy (non-hydrogen) atoms. The van der Waals surface area contributed by atoms with Crippen LogP contribution in [0.15, 0.2) is 24.3 Å². The number of amides is 2. The number of piperazine rings is 1. The molecule has 124 valence electrons. The molecule has 0 radical (unpaired) electrons. The van der Waals surface area contributed by atoms with E-state index >= 15 is 0 Å². The minimum atomic E-state index is -0.0839. The molecular formula is C17H21ClN2O3. The van der Waals surface area contributed by atoms with Crippen molar-refractivity contribution < 1.29 is 14.3 Å². The van der Waals surface area contributed by atoms with Crippen LogP contribution in [-0.2, 0) is 20.9 Å². The molecule has 5 nitrogen and oxygen atoms in total. The summed E-state index contributed by atoms with van der Waals surface area (Å²) < 4.78 is 5.38. The summed E-state index contributed by atoms with van der Waals surface area (Å²) in [5.41, 5.74) is 1.04. The van der Waals surface area contributed by atoms with Crippen molar-refractivity contribution in [2.45, 2.75) is 19.4 Å². The Kier molecular flexibility index (Phi) is 5.18. The Morgan fingerprint density at radius 1 is 1.26 bits per heavy atom. The summed E-state index contributed by atoms with van der Waals surface area (Å²) in [7, 11) is 0. The SMILES string of the molecule is O=C1CN(C(=O)[C@H]2CCCOC2)CCN1Cc1ccc(Cl)cc1. The van der Waals surface area contributed by atoms with Gasteiger partial charge in [-0.15, -0.1) is 0 Å². The van der Waals surface area contributed by atoms with Crippen molar-refractivity contribution >= 4 is 23.4 Å². The maximum atomic E-state index is 12.5. The molecular weight excluding hydrogens is 316 g/mol. The van der Waals surface area contributed by atoms with Gasteiger partial charge in [0.05, 0.1) is 19.1 Å². The summed E-state index contributed by atoms with van der Waals surface area (Å²) in [6, 6.07) is 7.49. The number of halogens is 1. The smallest absolute Gasteiger partial charge is 0.242 e. The molecule has 0 unspecified atom stereocenters. The fourth-order valence-electron chi connectivity index (χ4n) is 3.07. The van der Waals surface area contributed by atoms with Gasteiger partial charge in [0.15, 0.2) is 0 Å². The molecule has 0 bridgehead atoms. The van der Waals surface area contributed by atoms with Crippen molar-refractivity contribution in [2.24, 2.45) is 5.92 Å². The van der Waals surface area contributed by atoms with Crippen LogP contribution in [0.2, 0.25) is 5.02 Å². The number of hydrogen-bond donors (Lipinski definition) is 0. The van der Waals surface area contributed by atoms with Crippen molar-refractivity contribution in [3.63, 3.8) is 0 Å². The number of benzene rings is 1. The van der Waals surface area contributed by atoms with E-state index in [2.05, 4.69) is 0 Å². The largest absolute Gasteiger partial charge is 0.381 e. The lowest BCUT2D eigenvalue weighted by atomic mass is 10.0. The summed E-state index contributed by atoms with van der Waals surface area (Å²) in [5.74, 6) is -0.0279. The Bertz CT molecular complexity index is 570. The van der Waals surface area contributed by atoms with Crippen LogP contribution in [0.4, 0.5) is 0 Å². The molecule has 0 aromatic heterocycles. The number of carbonyl (C=O) groups is 2. The predicted octanol–water partition coefficient (Wildman–Crippen LogP) is 1.94. The third-order valence-electron chi connectivity index (χ3n) is 4.43. The average molecular weight is 337 g/mol. The molecule has 2 fully saturated rings. The van der Waals surface area contributed by atoms with Gasteiger partial charge in [0, 0.05) is 31.3 Å². The van der Waals surface area contributed by atoms with Crippen LogP contribution in [0.1, 0.15) is 18.4 Å². The normalized spacial score (nSPS) is 22.3. The molecule has 2 aliphatic heterocycles. The van der Waals surface area contributed by atoms with E-state index in [0.717, 1.165) is 25.0 Å². The molecule has 2 aliphatic rings. The van der Waals surface area contributed by atoms with Gasteiger partial charge in [-0.1, -0.05) is 23.7 Å². The molecule has 0 N–H and O–H groups in total. The number of carbonyl (C=O) groups excluding carboxylic acids is 2. The molecule has 2 saturated heterocycles. The van der Waals surface area contributed by atoms with E-state index in [1.165, 1.54) is 0 Å². The first kappa shape index (κ1) is 16.3. The summed E-state index contributed by atoms with van der Waals surface area (Å²) in [5, 5.41) is 0.685. The number of nitrogens with zero attached hydrogens (tertiary/aromatic N) is 2. The summed E-state index contributed by atoms with van der Waals surface area (Å²) in [4.78, 5) is 28.3. The van der Waals surface area contributed by atoms with Crippen LogP contribution in [0.3, 0.4) is 0 Å². The molecule has 2 amide bonds.